The number of hydrogen-bond acceptors (Lipinski definition) is 0. The Labute approximate surface area is 782 Å². The first-order chi connectivity index (χ1) is 66.5. The fraction of sp³-hybridized carbons (Fsp3) is 0.0448. The van der Waals surface area contributed by atoms with E-state index < -0.39 is 10.8 Å². The maximum atomic E-state index is 2.50. The highest BCUT2D eigenvalue weighted by Gasteiger charge is 2.52. The van der Waals surface area contributed by atoms with Gasteiger partial charge in [0.2, 0.25) is 0 Å². The number of hydrogen-bond donors (Lipinski definition) is 0. The minimum absolute atomic E-state index is 0.0284. The molecule has 0 nitrogen and oxygen atoms in total. The van der Waals surface area contributed by atoms with Crippen molar-refractivity contribution in [1.82, 2.24) is 0 Å². The summed E-state index contributed by atoms with van der Waals surface area (Å²) in [7, 11) is 0. The molecule has 0 saturated carbocycles. The zero-order valence-corrected chi connectivity index (χ0v) is 73.8. The minimum Gasteiger partial charge on any atom is -0.0622 e. The molecule has 0 aliphatic heterocycles. The lowest BCUT2D eigenvalue weighted by molar-refractivity contribution is 0.752. The Morgan fingerprint density at radius 2 is 0.440 bits per heavy atom. The van der Waals surface area contributed by atoms with Crippen LogP contribution in [0.15, 0.2) is 510 Å². The molecule has 28 rings (SSSR count). The van der Waals surface area contributed by atoms with Crippen molar-refractivity contribution < 1.29 is 0 Å². The molecular weight excluding hydrogens is 1610 g/mol. The molecule has 0 fully saturated rings. The van der Waals surface area contributed by atoms with Crippen LogP contribution in [0.3, 0.4) is 0 Å². The van der Waals surface area contributed by atoms with Gasteiger partial charge in [-0.2, -0.15) is 0 Å². The first-order valence-electron chi connectivity index (χ1n) is 47.3. The van der Waals surface area contributed by atoms with Crippen LogP contribution >= 0.6 is 0 Å². The van der Waals surface area contributed by atoms with Crippen LogP contribution in [0.5, 0.6) is 0 Å². The topological polar surface area (TPSA) is 0 Å². The van der Waals surface area contributed by atoms with Gasteiger partial charge in [-0.25, -0.2) is 0 Å². The molecule has 4 unspecified atom stereocenters. The van der Waals surface area contributed by atoms with Crippen LogP contribution in [0.1, 0.15) is 135 Å². The molecule has 0 aromatic heterocycles. The molecule has 0 saturated heterocycles. The summed E-state index contributed by atoms with van der Waals surface area (Å²) in [6, 6.07) is 192. The maximum Gasteiger partial charge on any atom is 0.0716 e. The quantitative estimate of drug-likeness (QED) is 0.114. The average molecular weight is 1700 g/mol. The highest BCUT2D eigenvalue weighted by atomic mass is 14.5. The summed E-state index contributed by atoms with van der Waals surface area (Å²) in [6.45, 7) is 0. The summed E-state index contributed by atoms with van der Waals surface area (Å²) < 4.78 is 0. The van der Waals surface area contributed by atoms with Crippen LogP contribution in [0.2, 0.25) is 0 Å². The first kappa shape index (κ1) is 77.3. The Bertz CT molecular complexity index is 8380. The molecule has 6 aliphatic carbocycles. The lowest BCUT2D eigenvalue weighted by Gasteiger charge is -2.36. The van der Waals surface area contributed by atoms with Gasteiger partial charge >= 0.3 is 0 Å². The zero-order valence-electron chi connectivity index (χ0n) is 73.8. The summed E-state index contributed by atoms with van der Waals surface area (Å²) >= 11 is 0. The molecule has 0 spiro atoms. The predicted molar refractivity (Wildman–Crippen MR) is 556 cm³/mol. The molecule has 6 aliphatic rings. The second-order valence-electron chi connectivity index (χ2n) is 37.3. The highest BCUT2D eigenvalue weighted by molar-refractivity contribution is 6.01. The van der Waals surface area contributed by atoms with Gasteiger partial charge in [0.1, 0.15) is 0 Å². The summed E-state index contributed by atoms with van der Waals surface area (Å²) in [5, 5.41) is 5.06. The molecule has 0 heteroatoms. The van der Waals surface area contributed by atoms with Crippen molar-refractivity contribution in [1.29, 1.82) is 0 Å². The van der Waals surface area contributed by atoms with Gasteiger partial charge in [-0.3, -0.25) is 0 Å². The summed E-state index contributed by atoms with van der Waals surface area (Å²) in [4.78, 5) is 0. The average Bonchev–Trinajstić information content (AvgIpc) is 1.51. The Morgan fingerprint density at radius 3 is 0.888 bits per heavy atom. The monoisotopic (exact) mass is 1700 g/mol. The van der Waals surface area contributed by atoms with E-state index in [9.17, 15) is 0 Å². The van der Waals surface area contributed by atoms with E-state index in [0.717, 1.165) is 0 Å². The van der Waals surface area contributed by atoms with Gasteiger partial charge in [0.05, 0.1) is 10.8 Å². The Morgan fingerprint density at radius 1 is 0.142 bits per heavy atom. The molecule has 0 N–H and O–H groups in total. The summed E-state index contributed by atoms with van der Waals surface area (Å²) in [5.41, 5.74) is 51.8. The van der Waals surface area contributed by atoms with E-state index in [0.29, 0.717) is 0 Å². The molecule has 0 amide bonds. The second-order valence-corrected chi connectivity index (χ2v) is 37.3. The molecule has 22 aromatic carbocycles. The van der Waals surface area contributed by atoms with Crippen LogP contribution in [-0.4, -0.2) is 0 Å². The Hall–Kier alpha value is -16.6. The standard InChI is InChI=1S/2C67H44/c1-4-16-43(17-5-1)45-28-31-46(32-29-45)63-55-26-13-12-24-53(55)60-41-48(34-36-56(60)63)49-35-37-57-61(42-49)58-38-39-59-54-25-14-15-27-62(54)67(51-20-6-2-7-21-51,52-22-8-3-9-23-52)66(59)65(58)64(57)50-33-30-44-18-10-11-19-47(44)40-50;1-4-16-43(17-5-1)45-28-31-46(32-29-45)63-54-25-13-12-24-53(54)59-41-48(34-36-55(59)63)49-35-37-56-60(42-49)57-38-39-62-65(66(57)64(56)50-33-30-44-18-10-11-19-47(44)40-50)58-26-14-15-27-61(58)67(62,51-20-6-2-7-21-51)52-22-8-3-9-23-52/h2*1-42,63-64H. The van der Waals surface area contributed by atoms with Crippen molar-refractivity contribution in [2.45, 2.75) is 34.5 Å². The third-order valence-electron chi connectivity index (χ3n) is 30.6. The van der Waals surface area contributed by atoms with Crippen LogP contribution in [0.25, 0.3) is 133 Å². The number of rotatable bonds is 12. The van der Waals surface area contributed by atoms with E-state index >= 15 is 0 Å². The predicted octanol–water partition coefficient (Wildman–Crippen LogP) is 33.7. The van der Waals surface area contributed by atoms with Gasteiger partial charge < -0.3 is 0 Å². The van der Waals surface area contributed by atoms with Crippen molar-refractivity contribution in [2.75, 3.05) is 0 Å². The fourth-order valence-electron chi connectivity index (χ4n) is 24.9. The van der Waals surface area contributed by atoms with E-state index in [1.54, 1.807) is 0 Å². The minimum atomic E-state index is -0.522. The van der Waals surface area contributed by atoms with Gasteiger partial charge in [-0.15, -0.1) is 0 Å². The van der Waals surface area contributed by atoms with Crippen LogP contribution in [0.4, 0.5) is 0 Å². The van der Waals surface area contributed by atoms with Crippen LogP contribution in [0, 0.1) is 0 Å². The van der Waals surface area contributed by atoms with E-state index in [1.807, 2.05) is 0 Å². The van der Waals surface area contributed by atoms with Crippen LogP contribution < -0.4 is 0 Å². The molecule has 0 radical (unpaired) electrons. The van der Waals surface area contributed by atoms with E-state index in [1.165, 1.54) is 244 Å². The molecule has 624 valence electrons. The van der Waals surface area contributed by atoms with Gasteiger partial charge in [0.25, 0.3) is 0 Å². The molecule has 0 heterocycles. The lowest BCUT2D eigenvalue weighted by Crippen LogP contribution is -2.30. The van der Waals surface area contributed by atoms with E-state index in [2.05, 4.69) is 510 Å². The Balaban J connectivity index is 0.000000136. The molecule has 0 bridgehead atoms. The van der Waals surface area contributed by atoms with Crippen molar-refractivity contribution >= 4 is 21.5 Å². The number of benzene rings is 22. The molecular formula is C134H88. The third kappa shape index (κ3) is 11.8. The van der Waals surface area contributed by atoms with Crippen molar-refractivity contribution in [3.05, 3.63) is 621 Å². The molecule has 4 atom stereocenters. The summed E-state index contributed by atoms with van der Waals surface area (Å²) in [6.07, 6.45) is 0. The third-order valence-corrected chi connectivity index (χ3v) is 30.6. The Kier molecular flexibility index (Phi) is 17.9. The zero-order chi connectivity index (χ0) is 88.1. The molecule has 134 heavy (non-hydrogen) atoms. The van der Waals surface area contributed by atoms with E-state index in [4.69, 9.17) is 0 Å². The molecule has 22 aromatic rings. The van der Waals surface area contributed by atoms with Crippen molar-refractivity contribution in [3.63, 3.8) is 0 Å². The SMILES string of the molecule is c1ccc(-c2ccc(C3c4ccccc4-c4cc(-c5ccc6c(c5)-c5ccc7c(c5C6c5ccc6ccccc6c5)-c5ccccc5C7(c5ccccc5)c5ccccc5)ccc43)cc2)cc1.c1ccc(-c2ccc(C3c4ccccc4-c4cc(-c5ccc6c(c5)-c5ccc7c(c5C6c5ccc6ccccc6c5)C(c5ccccc5)(c5ccccc5)c5ccccc5-7)ccc43)cc2)cc1. The largest absolute Gasteiger partial charge is 0.0716 e. The van der Waals surface area contributed by atoms with E-state index in [-0.39, 0.29) is 23.7 Å². The normalized spacial score (nSPS) is 15.6. The van der Waals surface area contributed by atoms with Gasteiger partial charge in [-0.05, 0) is 268 Å². The number of fused-ring (bicyclic) bond motifs is 22. The smallest absolute Gasteiger partial charge is 0.0622 e. The first-order valence-corrected chi connectivity index (χ1v) is 47.3. The van der Waals surface area contributed by atoms with Gasteiger partial charge in [0, 0.05) is 23.7 Å². The van der Waals surface area contributed by atoms with Crippen molar-refractivity contribution in [2.24, 2.45) is 0 Å². The maximum absolute atomic E-state index is 2.50. The van der Waals surface area contributed by atoms with Crippen molar-refractivity contribution in [3.8, 4) is 111 Å². The summed E-state index contributed by atoms with van der Waals surface area (Å²) in [5.74, 6) is 0.444. The van der Waals surface area contributed by atoms with Gasteiger partial charge in [-0.1, -0.05) is 485 Å². The van der Waals surface area contributed by atoms with Gasteiger partial charge in [0.15, 0.2) is 0 Å². The fourth-order valence-corrected chi connectivity index (χ4v) is 24.9. The lowest BCUT2D eigenvalue weighted by atomic mass is 9.65. The highest BCUT2D eigenvalue weighted by Crippen LogP contribution is 2.66. The van der Waals surface area contributed by atoms with Crippen LogP contribution in [-0.2, 0) is 10.8 Å². The second kappa shape index (κ2) is 31.0.